The predicted octanol–water partition coefficient (Wildman–Crippen LogP) is 3.60. The van der Waals surface area contributed by atoms with E-state index in [2.05, 4.69) is 4.98 Å². The molecule has 2 rings (SSSR count). The summed E-state index contributed by atoms with van der Waals surface area (Å²) in [4.78, 5) is 4.05. The minimum Gasteiger partial charge on any atom is -0.320 e. The van der Waals surface area contributed by atoms with Gasteiger partial charge in [-0.2, -0.15) is 0 Å². The van der Waals surface area contributed by atoms with E-state index in [-0.39, 0.29) is 5.82 Å². The van der Waals surface area contributed by atoms with Crippen LogP contribution >= 0.6 is 11.6 Å². The number of nitrogens with two attached hydrogens (primary N) is 1. The maximum Gasteiger partial charge on any atom is 0.141 e. The molecule has 100 valence electrons. The molecule has 0 spiro atoms. The number of rotatable bonds is 3. The monoisotopic (exact) mass is 278 g/mol. The molecule has 1 heterocycles. The Bertz CT molecular complexity index is 579. The summed E-state index contributed by atoms with van der Waals surface area (Å²) in [5.41, 5.74) is 8.31. The van der Waals surface area contributed by atoms with E-state index in [0.717, 1.165) is 11.1 Å². The van der Waals surface area contributed by atoms with Gasteiger partial charge in [0.05, 0.1) is 17.4 Å². The smallest absolute Gasteiger partial charge is 0.141 e. The lowest BCUT2D eigenvalue weighted by Gasteiger charge is -2.24. The van der Waals surface area contributed by atoms with Gasteiger partial charge in [0.2, 0.25) is 0 Å². The molecule has 0 aliphatic carbocycles. The summed E-state index contributed by atoms with van der Waals surface area (Å²) in [6, 6.07) is 8.84. The van der Waals surface area contributed by atoms with Gasteiger partial charge in [-0.25, -0.2) is 4.39 Å². The van der Waals surface area contributed by atoms with Crippen LogP contribution in [0.5, 0.6) is 0 Å². The van der Waals surface area contributed by atoms with Crippen molar-refractivity contribution in [3.63, 3.8) is 0 Å². The summed E-state index contributed by atoms with van der Waals surface area (Å²) < 4.78 is 12.9. The second kappa shape index (κ2) is 5.27. The summed E-state index contributed by atoms with van der Waals surface area (Å²) in [6.45, 7) is 3.85. The first-order chi connectivity index (χ1) is 8.88. The molecule has 1 aromatic carbocycles. The number of aromatic nitrogens is 1. The van der Waals surface area contributed by atoms with E-state index < -0.39 is 5.54 Å². The third-order valence-corrected chi connectivity index (χ3v) is 3.43. The van der Waals surface area contributed by atoms with Gasteiger partial charge in [-0.05, 0) is 49.6 Å². The highest BCUT2D eigenvalue weighted by molar-refractivity contribution is 6.31. The molecular formula is C15H16ClFN2. The van der Waals surface area contributed by atoms with Gasteiger partial charge in [0.25, 0.3) is 0 Å². The van der Waals surface area contributed by atoms with E-state index >= 15 is 0 Å². The molecule has 0 aliphatic heterocycles. The van der Waals surface area contributed by atoms with Gasteiger partial charge < -0.3 is 5.73 Å². The molecule has 19 heavy (non-hydrogen) atoms. The summed E-state index contributed by atoms with van der Waals surface area (Å²) in [6.07, 6.45) is 1.72. The quantitative estimate of drug-likeness (QED) is 0.932. The largest absolute Gasteiger partial charge is 0.320 e. The van der Waals surface area contributed by atoms with Crippen LogP contribution in [-0.2, 0) is 12.0 Å². The van der Waals surface area contributed by atoms with Gasteiger partial charge in [-0.3, -0.25) is 4.98 Å². The maximum atomic E-state index is 12.9. The molecular weight excluding hydrogens is 263 g/mol. The molecule has 1 unspecified atom stereocenters. The van der Waals surface area contributed by atoms with E-state index in [4.69, 9.17) is 17.3 Å². The Morgan fingerprint density at radius 2 is 2.05 bits per heavy atom. The highest BCUT2D eigenvalue weighted by atomic mass is 35.5. The van der Waals surface area contributed by atoms with Crippen LogP contribution < -0.4 is 5.73 Å². The number of hydrogen-bond acceptors (Lipinski definition) is 2. The average molecular weight is 279 g/mol. The van der Waals surface area contributed by atoms with Crippen LogP contribution in [0.2, 0.25) is 5.02 Å². The number of pyridine rings is 1. The van der Waals surface area contributed by atoms with Crippen molar-refractivity contribution in [3.05, 3.63) is 64.2 Å². The lowest BCUT2D eigenvalue weighted by atomic mass is 9.90. The molecule has 2 N–H and O–H groups in total. The molecule has 0 amide bonds. The van der Waals surface area contributed by atoms with Crippen molar-refractivity contribution in [2.75, 3.05) is 0 Å². The van der Waals surface area contributed by atoms with Crippen molar-refractivity contribution in [2.24, 2.45) is 5.73 Å². The lowest BCUT2D eigenvalue weighted by Crippen LogP contribution is -2.36. The minimum atomic E-state index is -0.688. The van der Waals surface area contributed by atoms with E-state index in [1.54, 1.807) is 6.07 Å². The van der Waals surface area contributed by atoms with E-state index in [1.807, 2.05) is 32.0 Å². The summed E-state index contributed by atoms with van der Waals surface area (Å²) in [5, 5.41) is 0.693. The van der Waals surface area contributed by atoms with Crippen LogP contribution in [0.25, 0.3) is 0 Å². The molecule has 0 aliphatic rings. The number of aryl methyl sites for hydroxylation is 1. The first-order valence-corrected chi connectivity index (χ1v) is 6.42. The first kappa shape index (κ1) is 14.0. The molecule has 1 atom stereocenters. The lowest BCUT2D eigenvalue weighted by molar-refractivity contribution is 0.473. The van der Waals surface area contributed by atoms with Gasteiger partial charge in [0.15, 0.2) is 0 Å². The van der Waals surface area contributed by atoms with Crippen molar-refractivity contribution in [1.82, 2.24) is 4.98 Å². The Morgan fingerprint density at radius 1 is 1.32 bits per heavy atom. The van der Waals surface area contributed by atoms with E-state index in [9.17, 15) is 4.39 Å². The number of halogens is 2. The summed E-state index contributed by atoms with van der Waals surface area (Å²) in [7, 11) is 0. The van der Waals surface area contributed by atoms with Gasteiger partial charge in [0, 0.05) is 5.02 Å². The van der Waals surface area contributed by atoms with Gasteiger partial charge in [-0.15, -0.1) is 0 Å². The van der Waals surface area contributed by atoms with Gasteiger partial charge >= 0.3 is 0 Å². The van der Waals surface area contributed by atoms with Crippen molar-refractivity contribution in [2.45, 2.75) is 25.8 Å². The topological polar surface area (TPSA) is 38.9 Å². The van der Waals surface area contributed by atoms with E-state index in [0.29, 0.717) is 17.1 Å². The molecule has 4 heteroatoms. The second-order valence-electron chi connectivity index (χ2n) is 5.05. The highest BCUT2D eigenvalue weighted by Crippen LogP contribution is 2.26. The second-order valence-corrected chi connectivity index (χ2v) is 5.46. The average Bonchev–Trinajstić information content (AvgIpc) is 2.33. The number of hydrogen-bond donors (Lipinski definition) is 1. The van der Waals surface area contributed by atoms with Crippen molar-refractivity contribution in [3.8, 4) is 0 Å². The molecule has 1 aromatic heterocycles. The zero-order valence-corrected chi connectivity index (χ0v) is 11.7. The standard InChI is InChI=1S/C15H16ClFN2/c1-10-3-4-11(13(16)7-10)8-15(2,18)14-6-5-12(17)9-19-14/h3-7,9H,8,18H2,1-2H3. The molecule has 2 aromatic rings. The van der Waals surface area contributed by atoms with Gasteiger partial charge in [-0.1, -0.05) is 23.7 Å². The minimum absolute atomic E-state index is 0.368. The Kier molecular flexibility index (Phi) is 3.88. The van der Waals surface area contributed by atoms with Crippen LogP contribution in [0, 0.1) is 12.7 Å². The van der Waals surface area contributed by atoms with Gasteiger partial charge in [0.1, 0.15) is 5.82 Å². The Balaban J connectivity index is 2.27. The number of benzene rings is 1. The van der Waals surface area contributed by atoms with Crippen LogP contribution in [0.15, 0.2) is 36.5 Å². The fourth-order valence-corrected chi connectivity index (χ4v) is 2.30. The Hall–Kier alpha value is -1.45. The van der Waals surface area contributed by atoms with Crippen molar-refractivity contribution >= 4 is 11.6 Å². The maximum absolute atomic E-state index is 12.9. The normalized spacial score (nSPS) is 14.2. The summed E-state index contributed by atoms with van der Waals surface area (Å²) in [5.74, 6) is -0.368. The van der Waals surface area contributed by atoms with Crippen LogP contribution in [0.1, 0.15) is 23.7 Å². The molecule has 0 saturated heterocycles. The number of nitrogens with zero attached hydrogens (tertiary/aromatic N) is 1. The van der Waals surface area contributed by atoms with Crippen LogP contribution in [-0.4, -0.2) is 4.98 Å². The van der Waals surface area contributed by atoms with Crippen molar-refractivity contribution in [1.29, 1.82) is 0 Å². The first-order valence-electron chi connectivity index (χ1n) is 6.04. The molecule has 0 fully saturated rings. The molecule has 0 saturated carbocycles. The van der Waals surface area contributed by atoms with Crippen LogP contribution in [0.3, 0.4) is 0 Å². The molecule has 0 bridgehead atoms. The third kappa shape index (κ3) is 3.31. The molecule has 0 radical (unpaired) electrons. The zero-order valence-electron chi connectivity index (χ0n) is 11.0. The SMILES string of the molecule is Cc1ccc(CC(C)(N)c2ccc(F)cn2)c(Cl)c1. The van der Waals surface area contributed by atoms with Crippen molar-refractivity contribution < 1.29 is 4.39 Å². The Morgan fingerprint density at radius 3 is 2.63 bits per heavy atom. The highest BCUT2D eigenvalue weighted by Gasteiger charge is 2.24. The molecule has 2 nitrogen and oxygen atoms in total. The third-order valence-electron chi connectivity index (χ3n) is 3.08. The zero-order chi connectivity index (χ0) is 14.0. The van der Waals surface area contributed by atoms with E-state index in [1.165, 1.54) is 12.3 Å². The summed E-state index contributed by atoms with van der Waals surface area (Å²) >= 11 is 6.21. The fraction of sp³-hybridized carbons (Fsp3) is 0.267. The fourth-order valence-electron chi connectivity index (χ4n) is 2.00. The predicted molar refractivity (Wildman–Crippen MR) is 75.6 cm³/mol. The Labute approximate surface area is 117 Å². The van der Waals surface area contributed by atoms with Crippen LogP contribution in [0.4, 0.5) is 4.39 Å².